The van der Waals surface area contributed by atoms with Crippen LogP contribution in [0.15, 0.2) is 29.1 Å². The summed E-state index contributed by atoms with van der Waals surface area (Å²) in [6.45, 7) is 0.402. The Morgan fingerprint density at radius 1 is 1.22 bits per heavy atom. The Hall–Kier alpha value is -2.21. The molecule has 0 amide bonds. The van der Waals surface area contributed by atoms with Gasteiger partial charge in [-0.15, -0.1) is 11.3 Å². The highest BCUT2D eigenvalue weighted by Crippen LogP contribution is 2.33. The molecule has 0 saturated heterocycles. The van der Waals surface area contributed by atoms with Crippen LogP contribution in [0.4, 0.5) is 10.1 Å². The summed E-state index contributed by atoms with van der Waals surface area (Å²) in [5.41, 5.74) is 1.94. The molecule has 6 heteroatoms. The molecule has 0 fully saturated rings. The monoisotopic (exact) mass is 329 g/mol. The second kappa shape index (κ2) is 5.77. The van der Waals surface area contributed by atoms with Crippen LogP contribution >= 0.6 is 11.3 Å². The Kier molecular flexibility index (Phi) is 3.61. The number of hydrogen-bond donors (Lipinski definition) is 2. The van der Waals surface area contributed by atoms with Gasteiger partial charge < -0.3 is 10.3 Å². The molecular weight excluding hydrogens is 313 g/mol. The minimum absolute atomic E-state index is 0.0506. The van der Waals surface area contributed by atoms with Crippen LogP contribution in [0.3, 0.4) is 0 Å². The standard InChI is InChI=1S/C17H16FN3OS/c18-10-5-7-11(8-6-10)19-9-14-20-16(22)15-12-3-1-2-4-13(12)23-17(15)21-14/h5-8,19H,1-4,9H2,(H,20,21,22). The van der Waals surface area contributed by atoms with E-state index in [1.807, 2.05) is 0 Å². The minimum atomic E-state index is -0.271. The van der Waals surface area contributed by atoms with Gasteiger partial charge in [-0.1, -0.05) is 0 Å². The van der Waals surface area contributed by atoms with Crippen molar-refractivity contribution in [1.82, 2.24) is 9.97 Å². The number of benzene rings is 1. The van der Waals surface area contributed by atoms with Crippen molar-refractivity contribution in [3.05, 3.63) is 56.7 Å². The first-order valence-electron chi connectivity index (χ1n) is 7.73. The number of hydrogen-bond acceptors (Lipinski definition) is 4. The van der Waals surface area contributed by atoms with Crippen molar-refractivity contribution in [2.45, 2.75) is 32.2 Å². The van der Waals surface area contributed by atoms with E-state index in [1.165, 1.54) is 29.0 Å². The summed E-state index contributed by atoms with van der Waals surface area (Å²) in [6.07, 6.45) is 4.37. The molecule has 3 aromatic rings. The molecule has 2 aromatic heterocycles. The molecule has 4 rings (SSSR count). The Bertz CT molecular complexity index is 914. The lowest BCUT2D eigenvalue weighted by Gasteiger charge is -2.09. The van der Waals surface area contributed by atoms with Crippen molar-refractivity contribution in [2.75, 3.05) is 5.32 Å². The fourth-order valence-electron chi connectivity index (χ4n) is 3.05. The Morgan fingerprint density at radius 3 is 2.83 bits per heavy atom. The van der Waals surface area contributed by atoms with Gasteiger partial charge in [-0.2, -0.15) is 0 Å². The summed E-state index contributed by atoms with van der Waals surface area (Å²) in [5, 5.41) is 3.92. The normalized spacial score (nSPS) is 14.0. The van der Waals surface area contributed by atoms with Gasteiger partial charge in [0.2, 0.25) is 0 Å². The van der Waals surface area contributed by atoms with Crippen LogP contribution in [-0.2, 0) is 19.4 Å². The van der Waals surface area contributed by atoms with E-state index in [9.17, 15) is 9.18 Å². The first kappa shape index (κ1) is 14.4. The topological polar surface area (TPSA) is 57.8 Å². The molecule has 2 N–H and O–H groups in total. The summed E-state index contributed by atoms with van der Waals surface area (Å²) in [5.74, 6) is 0.332. The number of nitrogens with one attached hydrogen (secondary N) is 2. The number of thiophene rings is 1. The van der Waals surface area contributed by atoms with Crippen LogP contribution in [0.25, 0.3) is 10.2 Å². The van der Waals surface area contributed by atoms with E-state index in [2.05, 4.69) is 15.3 Å². The molecular formula is C17H16FN3OS. The molecule has 0 saturated carbocycles. The molecule has 0 unspecified atom stereocenters. The second-order valence-corrected chi connectivity index (χ2v) is 6.85. The fourth-order valence-corrected chi connectivity index (χ4v) is 4.33. The zero-order chi connectivity index (χ0) is 15.8. The van der Waals surface area contributed by atoms with E-state index in [-0.39, 0.29) is 11.4 Å². The van der Waals surface area contributed by atoms with E-state index in [4.69, 9.17) is 0 Å². The molecule has 1 aliphatic rings. The molecule has 0 bridgehead atoms. The van der Waals surface area contributed by atoms with E-state index in [0.29, 0.717) is 12.4 Å². The molecule has 2 heterocycles. The molecule has 0 aliphatic heterocycles. The summed E-state index contributed by atoms with van der Waals surface area (Å²) in [4.78, 5) is 22.0. The Balaban J connectivity index is 1.63. The molecule has 4 nitrogen and oxygen atoms in total. The van der Waals surface area contributed by atoms with Crippen molar-refractivity contribution >= 4 is 27.2 Å². The molecule has 0 spiro atoms. The largest absolute Gasteiger partial charge is 0.378 e. The summed E-state index contributed by atoms with van der Waals surface area (Å²) in [7, 11) is 0. The van der Waals surface area contributed by atoms with Gasteiger partial charge in [-0.05, 0) is 55.5 Å². The number of aromatic amines is 1. The van der Waals surface area contributed by atoms with Gasteiger partial charge in [0.15, 0.2) is 0 Å². The maximum absolute atomic E-state index is 12.9. The third kappa shape index (κ3) is 2.74. The van der Waals surface area contributed by atoms with E-state index in [1.54, 1.807) is 23.5 Å². The second-order valence-electron chi connectivity index (χ2n) is 5.76. The van der Waals surface area contributed by atoms with E-state index >= 15 is 0 Å². The lowest BCUT2D eigenvalue weighted by Crippen LogP contribution is -2.15. The summed E-state index contributed by atoms with van der Waals surface area (Å²) < 4.78 is 12.9. The third-order valence-electron chi connectivity index (χ3n) is 4.18. The first-order chi connectivity index (χ1) is 11.2. The highest BCUT2D eigenvalue weighted by atomic mass is 32.1. The quantitative estimate of drug-likeness (QED) is 0.772. The number of halogens is 1. The molecule has 23 heavy (non-hydrogen) atoms. The van der Waals surface area contributed by atoms with Gasteiger partial charge in [0.05, 0.1) is 11.9 Å². The van der Waals surface area contributed by atoms with Crippen molar-refractivity contribution in [3.63, 3.8) is 0 Å². The summed E-state index contributed by atoms with van der Waals surface area (Å²) in [6, 6.07) is 6.12. The maximum Gasteiger partial charge on any atom is 0.259 e. The van der Waals surface area contributed by atoms with E-state index in [0.717, 1.165) is 35.2 Å². The molecule has 1 aromatic carbocycles. The van der Waals surface area contributed by atoms with E-state index < -0.39 is 0 Å². The smallest absolute Gasteiger partial charge is 0.259 e. The van der Waals surface area contributed by atoms with Crippen LogP contribution in [0.2, 0.25) is 0 Å². The predicted octanol–water partition coefficient (Wildman–Crippen LogP) is 3.61. The van der Waals surface area contributed by atoms with Gasteiger partial charge in [0.1, 0.15) is 16.5 Å². The zero-order valence-corrected chi connectivity index (χ0v) is 13.3. The minimum Gasteiger partial charge on any atom is -0.378 e. The Labute approximate surface area is 136 Å². The summed E-state index contributed by atoms with van der Waals surface area (Å²) >= 11 is 1.64. The van der Waals surface area contributed by atoms with Gasteiger partial charge in [0.25, 0.3) is 5.56 Å². The number of rotatable bonds is 3. The lowest BCUT2D eigenvalue weighted by atomic mass is 9.97. The molecule has 0 radical (unpaired) electrons. The Morgan fingerprint density at radius 2 is 2.00 bits per heavy atom. The highest BCUT2D eigenvalue weighted by molar-refractivity contribution is 7.18. The van der Waals surface area contributed by atoms with Crippen molar-refractivity contribution in [1.29, 1.82) is 0 Å². The van der Waals surface area contributed by atoms with Crippen LogP contribution in [0.5, 0.6) is 0 Å². The SMILES string of the molecule is O=c1[nH]c(CNc2ccc(F)cc2)nc2sc3c(c12)CCCC3. The van der Waals surface area contributed by atoms with Gasteiger partial charge >= 0.3 is 0 Å². The highest BCUT2D eigenvalue weighted by Gasteiger charge is 2.19. The third-order valence-corrected chi connectivity index (χ3v) is 5.36. The lowest BCUT2D eigenvalue weighted by molar-refractivity contribution is 0.628. The number of aryl methyl sites for hydroxylation is 2. The van der Waals surface area contributed by atoms with Gasteiger partial charge in [0, 0.05) is 10.6 Å². The molecule has 0 atom stereocenters. The average molecular weight is 329 g/mol. The van der Waals surface area contributed by atoms with Crippen molar-refractivity contribution in [3.8, 4) is 0 Å². The fraction of sp³-hybridized carbons (Fsp3) is 0.294. The average Bonchev–Trinajstić information content (AvgIpc) is 2.93. The van der Waals surface area contributed by atoms with Crippen LogP contribution in [0.1, 0.15) is 29.1 Å². The predicted molar refractivity (Wildman–Crippen MR) is 90.6 cm³/mol. The number of fused-ring (bicyclic) bond motifs is 3. The van der Waals surface area contributed by atoms with Gasteiger partial charge in [-0.3, -0.25) is 4.79 Å². The first-order valence-corrected chi connectivity index (χ1v) is 8.55. The maximum atomic E-state index is 12.9. The zero-order valence-electron chi connectivity index (χ0n) is 12.5. The van der Waals surface area contributed by atoms with Crippen LogP contribution in [0, 0.1) is 5.82 Å². The van der Waals surface area contributed by atoms with Crippen molar-refractivity contribution in [2.24, 2.45) is 0 Å². The number of H-pyrrole nitrogens is 1. The van der Waals surface area contributed by atoms with Crippen LogP contribution < -0.4 is 10.9 Å². The van der Waals surface area contributed by atoms with Crippen LogP contribution in [-0.4, -0.2) is 9.97 Å². The molecule has 1 aliphatic carbocycles. The number of nitrogens with zero attached hydrogens (tertiary/aromatic N) is 1. The van der Waals surface area contributed by atoms with Crippen molar-refractivity contribution < 1.29 is 4.39 Å². The molecule has 118 valence electrons. The van der Waals surface area contributed by atoms with Gasteiger partial charge in [-0.25, -0.2) is 9.37 Å². The number of anilines is 1. The number of aromatic nitrogens is 2.